The number of carboxylic acids is 1. The maximum absolute atomic E-state index is 12.7. The number of carbonyl (C=O) groups is 2. The van der Waals surface area contributed by atoms with Gasteiger partial charge in [-0.25, -0.2) is 13.2 Å². The summed E-state index contributed by atoms with van der Waals surface area (Å²) in [6.07, 6.45) is 1.91. The van der Waals surface area contributed by atoms with Crippen LogP contribution in [0.1, 0.15) is 18.4 Å². The highest BCUT2D eigenvalue weighted by atomic mass is 32.2. The molecule has 166 valence electrons. The van der Waals surface area contributed by atoms with E-state index in [-0.39, 0.29) is 17.9 Å². The first kappa shape index (κ1) is 23.7. The van der Waals surface area contributed by atoms with E-state index in [1.165, 1.54) is 24.3 Å². The van der Waals surface area contributed by atoms with Crippen molar-refractivity contribution in [3.63, 3.8) is 0 Å². The van der Waals surface area contributed by atoms with Crippen LogP contribution in [0.5, 0.6) is 5.75 Å². The van der Waals surface area contributed by atoms with Crippen LogP contribution in [-0.4, -0.2) is 38.7 Å². The predicted molar refractivity (Wildman–Crippen MR) is 118 cm³/mol. The number of rotatable bonds is 11. The maximum atomic E-state index is 12.7. The summed E-state index contributed by atoms with van der Waals surface area (Å²) in [5, 5.41) is 13.8. The van der Waals surface area contributed by atoms with Gasteiger partial charge in [-0.3, -0.25) is 9.52 Å². The molecule has 0 saturated carbocycles. The fourth-order valence-electron chi connectivity index (χ4n) is 2.53. The van der Waals surface area contributed by atoms with Gasteiger partial charge in [0.25, 0.3) is 10.0 Å². The van der Waals surface area contributed by atoms with Crippen LogP contribution in [-0.2, 0) is 14.8 Å². The molecule has 0 fully saturated rings. The second-order valence-electron chi connectivity index (χ2n) is 6.58. The summed E-state index contributed by atoms with van der Waals surface area (Å²) in [5.74, 6) is -0.401. The largest absolute Gasteiger partial charge is 0.493 e. The summed E-state index contributed by atoms with van der Waals surface area (Å²) >= 11 is 0. The molecule has 0 radical (unpaired) electrons. The van der Waals surface area contributed by atoms with Gasteiger partial charge in [0.05, 0.1) is 11.5 Å². The predicted octanol–water partition coefficient (Wildman–Crippen LogP) is 3.35. The van der Waals surface area contributed by atoms with Crippen molar-refractivity contribution >= 4 is 33.4 Å². The minimum absolute atomic E-state index is 0.00321. The van der Waals surface area contributed by atoms with Crippen LogP contribution in [0.15, 0.2) is 60.0 Å². The lowest BCUT2D eigenvalue weighted by atomic mass is 10.2. The topological polar surface area (TPSA) is 134 Å². The third-order valence-corrected chi connectivity index (χ3v) is 5.43. The number of hydrogen-bond donors (Lipinski definition) is 4. The van der Waals surface area contributed by atoms with Crippen molar-refractivity contribution in [2.75, 3.05) is 23.2 Å². The molecular formula is C21H25N3O6S. The molecule has 0 saturated heterocycles. The molecule has 0 heterocycles. The molecule has 2 amide bonds. The standard InChI is InChI=1S/C21H25N3O6S/c1-3-12-22-21(27)23-16-6-8-17(9-7-16)24-31(28,29)18-10-11-19(15(2)14-18)30-13-4-5-20(25)26/h3,6-11,14,24H,1,4-5,12-13H2,2H3,(H,25,26)(H2,22,23,27). The van der Waals surface area contributed by atoms with Crippen molar-refractivity contribution in [2.45, 2.75) is 24.7 Å². The van der Waals surface area contributed by atoms with Crippen LogP contribution in [0.2, 0.25) is 0 Å². The number of amides is 2. The molecule has 0 spiro atoms. The smallest absolute Gasteiger partial charge is 0.319 e. The van der Waals surface area contributed by atoms with Gasteiger partial charge in [-0.1, -0.05) is 6.08 Å². The first-order valence-electron chi connectivity index (χ1n) is 9.45. The quantitative estimate of drug-likeness (QED) is 0.308. The molecule has 2 aromatic rings. The normalized spacial score (nSPS) is 10.7. The van der Waals surface area contributed by atoms with Crippen LogP contribution >= 0.6 is 0 Å². The molecule has 0 aliphatic carbocycles. The zero-order valence-electron chi connectivity index (χ0n) is 17.1. The lowest BCUT2D eigenvalue weighted by Crippen LogP contribution is -2.28. The average Bonchev–Trinajstić information content (AvgIpc) is 2.71. The Morgan fingerprint density at radius 3 is 2.42 bits per heavy atom. The minimum Gasteiger partial charge on any atom is -0.493 e. The number of aliphatic carboxylic acids is 1. The molecule has 31 heavy (non-hydrogen) atoms. The monoisotopic (exact) mass is 447 g/mol. The summed E-state index contributed by atoms with van der Waals surface area (Å²) < 4.78 is 33.4. The van der Waals surface area contributed by atoms with Crippen molar-refractivity contribution in [2.24, 2.45) is 0 Å². The SMILES string of the molecule is C=CCNC(=O)Nc1ccc(NS(=O)(=O)c2ccc(OCCCC(=O)O)c(C)c2)cc1. The number of carboxylic acid groups (broad SMARTS) is 1. The molecule has 0 aliphatic rings. The highest BCUT2D eigenvalue weighted by Crippen LogP contribution is 2.24. The van der Waals surface area contributed by atoms with Gasteiger partial charge >= 0.3 is 12.0 Å². The van der Waals surface area contributed by atoms with E-state index in [0.29, 0.717) is 35.7 Å². The van der Waals surface area contributed by atoms with E-state index >= 15 is 0 Å². The van der Waals surface area contributed by atoms with E-state index in [1.54, 1.807) is 31.2 Å². The first-order chi connectivity index (χ1) is 14.7. The number of benzene rings is 2. The van der Waals surface area contributed by atoms with Gasteiger partial charge < -0.3 is 20.5 Å². The number of anilines is 2. The number of carbonyl (C=O) groups excluding carboxylic acids is 1. The molecule has 0 bridgehead atoms. The molecule has 10 heteroatoms. The van der Waals surface area contributed by atoms with Gasteiger partial charge in [-0.05, 0) is 61.4 Å². The first-order valence-corrected chi connectivity index (χ1v) is 10.9. The van der Waals surface area contributed by atoms with E-state index in [2.05, 4.69) is 21.9 Å². The number of sulfonamides is 1. The molecule has 0 aliphatic heterocycles. The van der Waals surface area contributed by atoms with E-state index in [0.717, 1.165) is 0 Å². The van der Waals surface area contributed by atoms with Gasteiger partial charge in [0, 0.05) is 24.3 Å². The van der Waals surface area contributed by atoms with Crippen molar-refractivity contribution in [1.29, 1.82) is 0 Å². The highest BCUT2D eigenvalue weighted by Gasteiger charge is 2.16. The molecular weight excluding hydrogens is 422 g/mol. The van der Waals surface area contributed by atoms with Crippen LogP contribution < -0.4 is 20.1 Å². The van der Waals surface area contributed by atoms with Gasteiger partial charge in [-0.15, -0.1) is 6.58 Å². The summed E-state index contributed by atoms with van der Waals surface area (Å²) in [5.41, 5.74) is 1.46. The summed E-state index contributed by atoms with van der Waals surface area (Å²) in [7, 11) is -3.83. The van der Waals surface area contributed by atoms with Gasteiger partial charge in [0.1, 0.15) is 5.75 Å². The Kier molecular flexibility index (Phi) is 8.44. The molecule has 0 unspecified atom stereocenters. The van der Waals surface area contributed by atoms with Crippen molar-refractivity contribution in [3.05, 3.63) is 60.7 Å². The molecule has 0 atom stereocenters. The van der Waals surface area contributed by atoms with Gasteiger partial charge in [0.15, 0.2) is 0 Å². The van der Waals surface area contributed by atoms with Crippen LogP contribution in [0.3, 0.4) is 0 Å². The fourth-order valence-corrected chi connectivity index (χ4v) is 3.68. The number of hydrogen-bond acceptors (Lipinski definition) is 5. The van der Waals surface area contributed by atoms with E-state index in [9.17, 15) is 18.0 Å². The molecule has 2 aromatic carbocycles. The summed E-state index contributed by atoms with van der Waals surface area (Å²) in [4.78, 5) is 22.2. The molecule has 2 rings (SSSR count). The summed E-state index contributed by atoms with van der Waals surface area (Å²) in [6.45, 7) is 5.77. The second-order valence-corrected chi connectivity index (χ2v) is 8.26. The minimum atomic E-state index is -3.83. The van der Waals surface area contributed by atoms with Crippen LogP contribution in [0.25, 0.3) is 0 Å². The van der Waals surface area contributed by atoms with E-state index < -0.39 is 22.0 Å². The molecule has 9 nitrogen and oxygen atoms in total. The Morgan fingerprint density at radius 1 is 1.13 bits per heavy atom. The Balaban J connectivity index is 2.00. The Hall–Kier alpha value is -3.53. The number of urea groups is 1. The Labute approximate surface area is 181 Å². The van der Waals surface area contributed by atoms with Crippen molar-refractivity contribution in [1.82, 2.24) is 5.32 Å². The third kappa shape index (κ3) is 7.67. The maximum Gasteiger partial charge on any atom is 0.319 e. The summed E-state index contributed by atoms with van der Waals surface area (Å²) in [6, 6.07) is 10.3. The highest BCUT2D eigenvalue weighted by molar-refractivity contribution is 7.92. The molecule has 0 aromatic heterocycles. The van der Waals surface area contributed by atoms with E-state index in [1.807, 2.05) is 0 Å². The fraction of sp³-hybridized carbons (Fsp3) is 0.238. The second kappa shape index (κ2) is 11.0. The third-order valence-electron chi connectivity index (χ3n) is 4.05. The lowest BCUT2D eigenvalue weighted by Gasteiger charge is -2.12. The zero-order chi connectivity index (χ0) is 22.9. The average molecular weight is 448 g/mol. The number of aryl methyl sites for hydroxylation is 1. The van der Waals surface area contributed by atoms with Crippen LogP contribution in [0.4, 0.5) is 16.2 Å². The number of nitrogens with one attached hydrogen (secondary N) is 3. The number of ether oxygens (including phenoxy) is 1. The van der Waals surface area contributed by atoms with Crippen molar-refractivity contribution < 1.29 is 27.9 Å². The van der Waals surface area contributed by atoms with Gasteiger partial charge in [0.2, 0.25) is 0 Å². The van der Waals surface area contributed by atoms with E-state index in [4.69, 9.17) is 9.84 Å². The zero-order valence-corrected chi connectivity index (χ0v) is 17.9. The lowest BCUT2D eigenvalue weighted by molar-refractivity contribution is -0.137. The Bertz CT molecular complexity index is 1040. The van der Waals surface area contributed by atoms with Gasteiger partial charge in [-0.2, -0.15) is 0 Å². The van der Waals surface area contributed by atoms with Crippen LogP contribution in [0, 0.1) is 6.92 Å². The van der Waals surface area contributed by atoms with Crippen molar-refractivity contribution in [3.8, 4) is 5.75 Å². The molecule has 4 N–H and O–H groups in total. The Morgan fingerprint density at radius 2 is 1.81 bits per heavy atom.